The Morgan fingerprint density at radius 2 is 1.81 bits per heavy atom. The number of aryl methyl sites for hydroxylation is 1. The molecule has 1 aliphatic carbocycles. The highest BCUT2D eigenvalue weighted by molar-refractivity contribution is 6.30. The van der Waals surface area contributed by atoms with Gasteiger partial charge in [-0.15, -0.1) is 0 Å². The predicted octanol–water partition coefficient (Wildman–Crippen LogP) is 5.55. The summed E-state index contributed by atoms with van der Waals surface area (Å²) in [5, 5.41) is 3.43. The van der Waals surface area contributed by atoms with Crippen molar-refractivity contribution in [2.24, 2.45) is 0 Å². The lowest BCUT2D eigenvalue weighted by atomic mass is 9.96. The molecule has 0 spiro atoms. The second kappa shape index (κ2) is 11.1. The van der Waals surface area contributed by atoms with Crippen LogP contribution in [0.5, 0.6) is 0 Å². The number of Topliss-reactive ketones (excluding diaryl/α,β-unsaturated/α-hetero) is 1. The fourth-order valence-corrected chi connectivity index (χ4v) is 4.83. The van der Waals surface area contributed by atoms with Gasteiger partial charge in [0, 0.05) is 40.6 Å². The highest BCUT2D eigenvalue weighted by Crippen LogP contribution is 2.26. The van der Waals surface area contributed by atoms with Crippen LogP contribution in [0.15, 0.2) is 54.6 Å². The van der Waals surface area contributed by atoms with Crippen molar-refractivity contribution >= 4 is 34.9 Å². The number of hydrogen-bond donors (Lipinski definition) is 1. The Balaban J connectivity index is 1.62. The van der Waals surface area contributed by atoms with Gasteiger partial charge in [-0.3, -0.25) is 14.4 Å². The predicted molar refractivity (Wildman–Crippen MR) is 138 cm³/mol. The number of halogens is 2. The molecule has 4 rings (SSSR count). The molecule has 6 nitrogen and oxygen atoms in total. The number of ketones is 1. The van der Waals surface area contributed by atoms with Crippen LogP contribution in [0.2, 0.25) is 5.02 Å². The van der Waals surface area contributed by atoms with Gasteiger partial charge in [-0.25, -0.2) is 4.39 Å². The third-order valence-corrected chi connectivity index (χ3v) is 6.84. The molecule has 0 radical (unpaired) electrons. The fourth-order valence-electron chi connectivity index (χ4n) is 4.70. The average molecular weight is 510 g/mol. The summed E-state index contributed by atoms with van der Waals surface area (Å²) < 4.78 is 15.4. The average Bonchev–Trinajstić information content (AvgIpc) is 3.18. The smallest absolute Gasteiger partial charge is 0.247 e. The van der Waals surface area contributed by atoms with Crippen LogP contribution < -0.4 is 5.32 Å². The SMILES string of the molecule is CCC(C(=O)Nc1ccc(Cl)cc1)N(Cc1ccc(F)cc1)C(=O)Cn1c(C)cc2c1CCCC2=O. The van der Waals surface area contributed by atoms with Crippen molar-refractivity contribution in [1.82, 2.24) is 9.47 Å². The number of amides is 2. The Kier molecular flexibility index (Phi) is 7.89. The number of rotatable bonds is 8. The van der Waals surface area contributed by atoms with E-state index < -0.39 is 6.04 Å². The Labute approximate surface area is 215 Å². The van der Waals surface area contributed by atoms with Gasteiger partial charge < -0.3 is 14.8 Å². The van der Waals surface area contributed by atoms with Gasteiger partial charge >= 0.3 is 0 Å². The summed E-state index contributed by atoms with van der Waals surface area (Å²) in [6.07, 6.45) is 2.38. The molecule has 2 aromatic carbocycles. The molecule has 0 fully saturated rings. The Morgan fingerprint density at radius 1 is 1.11 bits per heavy atom. The zero-order valence-electron chi connectivity index (χ0n) is 20.4. The Hall–Kier alpha value is -3.45. The van der Waals surface area contributed by atoms with Crippen molar-refractivity contribution in [3.05, 3.63) is 88.0 Å². The molecule has 188 valence electrons. The van der Waals surface area contributed by atoms with E-state index in [-0.39, 0.29) is 36.5 Å². The lowest BCUT2D eigenvalue weighted by Crippen LogP contribution is -2.48. The minimum Gasteiger partial charge on any atom is -0.339 e. The maximum atomic E-state index is 13.8. The van der Waals surface area contributed by atoms with Gasteiger partial charge in [0.25, 0.3) is 0 Å². The second-order valence-corrected chi connectivity index (χ2v) is 9.51. The van der Waals surface area contributed by atoms with E-state index in [1.54, 1.807) is 36.4 Å². The zero-order valence-corrected chi connectivity index (χ0v) is 21.1. The van der Waals surface area contributed by atoms with E-state index in [1.165, 1.54) is 17.0 Å². The summed E-state index contributed by atoms with van der Waals surface area (Å²) in [5.41, 5.74) is 3.68. The van der Waals surface area contributed by atoms with Gasteiger partial charge in [-0.05, 0) is 74.2 Å². The van der Waals surface area contributed by atoms with Crippen molar-refractivity contribution in [1.29, 1.82) is 0 Å². The van der Waals surface area contributed by atoms with Crippen LogP contribution in [-0.2, 0) is 29.1 Å². The molecular formula is C28H29ClFN3O3. The molecular weight excluding hydrogens is 481 g/mol. The van der Waals surface area contributed by atoms with Crippen molar-refractivity contribution in [3.8, 4) is 0 Å². The number of nitrogens with one attached hydrogen (secondary N) is 1. The van der Waals surface area contributed by atoms with Crippen molar-refractivity contribution < 1.29 is 18.8 Å². The van der Waals surface area contributed by atoms with Gasteiger partial charge in [0.15, 0.2) is 5.78 Å². The van der Waals surface area contributed by atoms with E-state index in [4.69, 9.17) is 11.6 Å². The van der Waals surface area contributed by atoms with E-state index in [0.717, 1.165) is 24.2 Å². The van der Waals surface area contributed by atoms with Crippen molar-refractivity contribution in [3.63, 3.8) is 0 Å². The van der Waals surface area contributed by atoms with Gasteiger partial charge in [-0.2, -0.15) is 0 Å². The minimum atomic E-state index is -0.758. The van der Waals surface area contributed by atoms with E-state index in [9.17, 15) is 18.8 Å². The van der Waals surface area contributed by atoms with Crippen LogP contribution in [0.1, 0.15) is 53.5 Å². The first-order valence-corrected chi connectivity index (χ1v) is 12.5. The zero-order chi connectivity index (χ0) is 25.8. The van der Waals surface area contributed by atoms with Gasteiger partial charge in [-0.1, -0.05) is 30.7 Å². The first-order chi connectivity index (χ1) is 17.3. The number of nitrogens with zero attached hydrogens (tertiary/aromatic N) is 2. The summed E-state index contributed by atoms with van der Waals surface area (Å²) in [6, 6.07) is 13.7. The normalized spacial score (nSPS) is 13.7. The third-order valence-electron chi connectivity index (χ3n) is 6.59. The molecule has 3 aromatic rings. The van der Waals surface area contributed by atoms with Crippen molar-refractivity contribution in [2.75, 3.05) is 5.32 Å². The molecule has 1 aliphatic rings. The molecule has 0 bridgehead atoms. The number of anilines is 1. The van der Waals surface area contributed by atoms with Crippen LogP contribution >= 0.6 is 11.6 Å². The summed E-state index contributed by atoms with van der Waals surface area (Å²) in [5.74, 6) is -0.848. The minimum absolute atomic E-state index is 0.0143. The summed E-state index contributed by atoms with van der Waals surface area (Å²) in [4.78, 5) is 41.0. The number of hydrogen-bond acceptors (Lipinski definition) is 3. The van der Waals surface area contributed by atoms with Crippen LogP contribution in [0.3, 0.4) is 0 Å². The van der Waals surface area contributed by atoms with Crippen molar-refractivity contribution in [2.45, 2.75) is 58.7 Å². The molecule has 1 atom stereocenters. The summed E-state index contributed by atoms with van der Waals surface area (Å²) in [6.45, 7) is 3.89. The van der Waals surface area contributed by atoms with Crippen LogP contribution in [0, 0.1) is 12.7 Å². The van der Waals surface area contributed by atoms with Gasteiger partial charge in [0.05, 0.1) is 0 Å². The standard InChI is InChI=1S/C28H29ClFN3O3/c1-3-24(28(36)31-22-13-9-20(29)10-14-22)33(16-19-7-11-21(30)12-8-19)27(35)17-32-18(2)15-23-25(32)5-4-6-26(23)34/h7-15,24H,3-6,16-17H2,1-2H3,(H,31,36). The highest BCUT2D eigenvalue weighted by Gasteiger charge is 2.31. The molecule has 1 N–H and O–H groups in total. The van der Waals surface area contributed by atoms with E-state index in [0.29, 0.717) is 34.7 Å². The number of aromatic nitrogens is 1. The molecule has 8 heteroatoms. The van der Waals surface area contributed by atoms with Crippen LogP contribution in [0.25, 0.3) is 0 Å². The first-order valence-electron chi connectivity index (χ1n) is 12.1. The van der Waals surface area contributed by atoms with Gasteiger partial charge in [0.1, 0.15) is 18.4 Å². The van der Waals surface area contributed by atoms with E-state index in [2.05, 4.69) is 5.32 Å². The largest absolute Gasteiger partial charge is 0.339 e. The third kappa shape index (κ3) is 5.68. The van der Waals surface area contributed by atoms with Gasteiger partial charge in [0.2, 0.25) is 11.8 Å². The van der Waals surface area contributed by atoms with Crippen LogP contribution in [-0.4, -0.2) is 33.1 Å². The molecule has 0 saturated carbocycles. The van der Waals surface area contributed by atoms with Crippen LogP contribution in [0.4, 0.5) is 10.1 Å². The number of carbonyl (C=O) groups excluding carboxylic acids is 3. The maximum absolute atomic E-state index is 13.8. The number of fused-ring (bicyclic) bond motifs is 1. The highest BCUT2D eigenvalue weighted by atomic mass is 35.5. The summed E-state index contributed by atoms with van der Waals surface area (Å²) >= 11 is 5.96. The molecule has 1 unspecified atom stereocenters. The first kappa shape index (κ1) is 25.6. The molecule has 1 heterocycles. The molecule has 1 aromatic heterocycles. The molecule has 2 amide bonds. The second-order valence-electron chi connectivity index (χ2n) is 9.08. The lowest BCUT2D eigenvalue weighted by molar-refractivity contribution is -0.140. The molecule has 0 saturated heterocycles. The topological polar surface area (TPSA) is 71.4 Å². The Bertz CT molecular complexity index is 1270. The maximum Gasteiger partial charge on any atom is 0.247 e. The molecule has 0 aliphatic heterocycles. The number of benzene rings is 2. The Morgan fingerprint density at radius 3 is 2.47 bits per heavy atom. The quantitative estimate of drug-likeness (QED) is 0.432. The fraction of sp³-hybridized carbons (Fsp3) is 0.321. The molecule has 36 heavy (non-hydrogen) atoms. The monoisotopic (exact) mass is 509 g/mol. The lowest BCUT2D eigenvalue weighted by Gasteiger charge is -2.31. The summed E-state index contributed by atoms with van der Waals surface area (Å²) in [7, 11) is 0. The van der Waals surface area contributed by atoms with E-state index >= 15 is 0 Å². The number of carbonyl (C=O) groups is 3. The van der Waals surface area contributed by atoms with E-state index in [1.807, 2.05) is 24.5 Å².